The third-order valence-corrected chi connectivity index (χ3v) is 13.1. The molecule has 5 unspecified atom stereocenters. The van der Waals surface area contributed by atoms with Gasteiger partial charge >= 0.3 is 6.09 Å². The van der Waals surface area contributed by atoms with Crippen molar-refractivity contribution < 1.29 is 37.1 Å². The van der Waals surface area contributed by atoms with Crippen molar-refractivity contribution in [1.82, 2.24) is 29.5 Å². The summed E-state index contributed by atoms with van der Waals surface area (Å²) in [6.07, 6.45) is 9.65. The lowest BCUT2D eigenvalue weighted by molar-refractivity contribution is -0.139. The number of likely N-dealkylation sites (tertiary alicyclic amines) is 1. The lowest BCUT2D eigenvalue weighted by Crippen LogP contribution is -2.53. The fourth-order valence-electron chi connectivity index (χ4n) is 7.25. The number of unbranched alkanes of at least 4 members (excludes halogenated alkanes) is 3. The maximum atomic E-state index is 14.2. The van der Waals surface area contributed by atoms with Crippen LogP contribution < -0.4 is 20.5 Å². The van der Waals surface area contributed by atoms with Crippen molar-refractivity contribution in [2.75, 3.05) is 6.54 Å². The van der Waals surface area contributed by atoms with E-state index in [4.69, 9.17) is 20.2 Å². The van der Waals surface area contributed by atoms with Crippen molar-refractivity contribution in [2.45, 2.75) is 134 Å². The van der Waals surface area contributed by atoms with E-state index >= 15 is 0 Å². The zero-order chi connectivity index (χ0) is 41.2. The van der Waals surface area contributed by atoms with Crippen LogP contribution in [0.25, 0.3) is 21.6 Å². The molecular weight excluding hydrogens is 771 g/mol. The number of hydrogen-bond acceptors (Lipinski definition) is 11. The quantitative estimate of drug-likeness (QED) is 0.115. The van der Waals surface area contributed by atoms with Crippen molar-refractivity contribution in [3.63, 3.8) is 0 Å². The number of ether oxygens (including phenoxy) is 2. The molecule has 0 spiro atoms. The molecule has 5 atom stereocenters. The number of benzene rings is 1. The number of carbonyl (C=O) groups is 4. The lowest BCUT2D eigenvalue weighted by atomic mass is 10.0. The summed E-state index contributed by atoms with van der Waals surface area (Å²) in [5.74, 6) is -1.83. The molecule has 0 bridgehead atoms. The number of fused-ring (bicyclic) bond motifs is 1. The Balaban J connectivity index is 1.08. The van der Waals surface area contributed by atoms with Crippen LogP contribution in [0.1, 0.15) is 103 Å². The highest BCUT2D eigenvalue weighted by Crippen LogP contribution is 2.41. The van der Waals surface area contributed by atoms with Crippen LogP contribution in [0.15, 0.2) is 36.5 Å². The topological polar surface area (TPSA) is 205 Å². The molecule has 6 rings (SSSR count). The van der Waals surface area contributed by atoms with Crippen molar-refractivity contribution in [1.29, 1.82) is 0 Å². The number of allylic oxidation sites excluding steroid dienone is 2. The minimum Gasteiger partial charge on any atom is -0.459 e. The molecule has 1 aliphatic heterocycles. The molecule has 1 saturated heterocycles. The van der Waals surface area contributed by atoms with Crippen LogP contribution in [-0.2, 0) is 29.1 Å². The van der Waals surface area contributed by atoms with Gasteiger partial charge in [0.05, 0.1) is 17.3 Å². The van der Waals surface area contributed by atoms with E-state index in [-0.39, 0.29) is 30.8 Å². The van der Waals surface area contributed by atoms with Gasteiger partial charge in [0.25, 0.3) is 6.01 Å². The second-order valence-corrected chi connectivity index (χ2v) is 19.9. The fourth-order valence-corrected chi connectivity index (χ4v) is 9.39. The summed E-state index contributed by atoms with van der Waals surface area (Å²) in [7, 11) is -3.55. The molecule has 310 valence electrons. The molecule has 2 aromatic heterocycles. The number of alkyl carbamates (subject to hydrolysis) is 1. The Morgan fingerprint density at radius 2 is 1.86 bits per heavy atom. The van der Waals surface area contributed by atoms with E-state index in [1.54, 1.807) is 32.1 Å². The Kier molecular flexibility index (Phi) is 12.7. The van der Waals surface area contributed by atoms with Gasteiger partial charge < -0.3 is 25.4 Å². The minimum atomic E-state index is -3.55. The number of nitrogens with zero attached hydrogens (tertiary/aromatic N) is 4. The number of imidazole rings is 1. The van der Waals surface area contributed by atoms with Gasteiger partial charge in [-0.3, -0.25) is 23.7 Å². The van der Waals surface area contributed by atoms with Crippen LogP contribution in [0.4, 0.5) is 4.79 Å². The van der Waals surface area contributed by atoms with Crippen molar-refractivity contribution in [2.24, 2.45) is 17.6 Å². The molecule has 15 nitrogen and oxygen atoms in total. The third kappa shape index (κ3) is 10.5. The number of nitrogens with two attached hydrogens (primary N) is 1. The van der Waals surface area contributed by atoms with Gasteiger partial charge in [0.15, 0.2) is 0 Å². The monoisotopic (exact) mass is 825 g/mol. The number of amides is 4. The first kappa shape index (κ1) is 42.1. The highest BCUT2D eigenvalue weighted by molar-refractivity contribution is 7.90. The number of primary amides is 1. The van der Waals surface area contributed by atoms with Gasteiger partial charge in [-0.1, -0.05) is 31.1 Å². The number of hydrogen-bond donors (Lipinski definition) is 3. The first-order valence-electron chi connectivity index (χ1n) is 19.8. The van der Waals surface area contributed by atoms with Gasteiger partial charge in [-0.15, -0.1) is 11.3 Å². The smallest absolute Gasteiger partial charge is 0.408 e. The number of rotatable bonds is 17. The third-order valence-electron chi connectivity index (χ3n) is 10.3. The van der Waals surface area contributed by atoms with E-state index in [0.29, 0.717) is 38.1 Å². The van der Waals surface area contributed by atoms with E-state index in [1.165, 1.54) is 4.90 Å². The highest BCUT2D eigenvalue weighted by Gasteiger charge is 2.45. The molecule has 17 heteroatoms. The van der Waals surface area contributed by atoms with Crippen LogP contribution in [0, 0.1) is 18.8 Å². The predicted octanol–water partition coefficient (Wildman–Crippen LogP) is 5.53. The summed E-state index contributed by atoms with van der Waals surface area (Å²) in [5.41, 5.74) is 7.58. The molecule has 1 aromatic carbocycles. The summed E-state index contributed by atoms with van der Waals surface area (Å²) < 4.78 is 40.4. The molecule has 2 aliphatic carbocycles. The van der Waals surface area contributed by atoms with Crippen LogP contribution in [0.2, 0.25) is 0 Å². The summed E-state index contributed by atoms with van der Waals surface area (Å²) in [6, 6.07) is 4.34. The van der Waals surface area contributed by atoms with Crippen LogP contribution >= 0.6 is 11.3 Å². The number of thiazole rings is 1. The number of carbonyl (C=O) groups excluding carboxylic acids is 4. The Bertz CT molecular complexity index is 2120. The van der Waals surface area contributed by atoms with Gasteiger partial charge in [-0.25, -0.2) is 18.2 Å². The largest absolute Gasteiger partial charge is 0.459 e. The average molecular weight is 826 g/mol. The van der Waals surface area contributed by atoms with Crippen LogP contribution in [-0.4, -0.2) is 87.3 Å². The molecule has 0 radical (unpaired) electrons. The fraction of sp³-hybridized carbons (Fsp3) is 0.600. The molecule has 2 saturated carbocycles. The lowest BCUT2D eigenvalue weighted by Gasteiger charge is -2.28. The number of sulfonamides is 1. The van der Waals surface area contributed by atoms with Gasteiger partial charge in [-0.2, -0.15) is 4.98 Å². The SMILES string of the molecule is Cc1cnc(-c2cccc3c2nc(OC2CC(C(N)=O)N(C(=O)C(CCCCCC=CC4CC4C(=O)NS(=O)(=O)C4CC4)NC(=O)OC(C)(C)C)C2)n3C(C)C)s1. The maximum absolute atomic E-state index is 14.2. The molecule has 3 heterocycles. The Morgan fingerprint density at radius 3 is 2.51 bits per heavy atom. The molecule has 3 fully saturated rings. The second-order valence-electron chi connectivity index (χ2n) is 16.7. The zero-order valence-electron chi connectivity index (χ0n) is 33.5. The predicted molar refractivity (Wildman–Crippen MR) is 217 cm³/mol. The minimum absolute atomic E-state index is 0.0166. The van der Waals surface area contributed by atoms with Gasteiger partial charge in [0, 0.05) is 35.0 Å². The first-order chi connectivity index (χ1) is 26.9. The summed E-state index contributed by atoms with van der Waals surface area (Å²) in [4.78, 5) is 64.3. The molecule has 3 aromatic rings. The highest BCUT2D eigenvalue weighted by atomic mass is 32.2. The standard InChI is InChI=1S/C40H55N7O8S2/c1-23(2)47-31-16-12-14-28(36-42-21-24(3)56-36)33(31)44-38(47)54-26-20-32(34(41)48)46(22-26)37(50)30(43-39(51)55-40(4,5)6)15-11-9-7-8-10-13-25-19-29(25)35(49)45-57(52,53)27-17-18-27/h10,12-14,16,21,23,25-27,29-30,32H,7-9,11,15,17-20,22H2,1-6H3,(H2,41,48)(H,43,51)(H,45,49). The first-order valence-corrected chi connectivity index (χ1v) is 22.2. The van der Waals surface area contributed by atoms with Gasteiger partial charge in [0.1, 0.15) is 34.3 Å². The van der Waals surface area contributed by atoms with Gasteiger partial charge in [-0.05, 0) is 98.1 Å². The normalized spacial score (nSPS) is 21.6. The Morgan fingerprint density at radius 1 is 1.11 bits per heavy atom. The molecule has 4 N–H and O–H groups in total. The molecular formula is C40H55N7O8S2. The summed E-state index contributed by atoms with van der Waals surface area (Å²) in [6.45, 7) is 11.3. The number of para-hydroxylation sites is 1. The van der Waals surface area contributed by atoms with E-state index in [0.717, 1.165) is 45.7 Å². The number of nitrogens with one attached hydrogen (secondary N) is 2. The maximum Gasteiger partial charge on any atom is 0.408 e. The average Bonchev–Trinajstić information content (AvgIpc) is 4.00. The van der Waals surface area contributed by atoms with Gasteiger partial charge in [0.2, 0.25) is 27.7 Å². The number of aromatic nitrogens is 3. The molecule has 57 heavy (non-hydrogen) atoms. The number of aryl methyl sites for hydroxylation is 1. The van der Waals surface area contributed by atoms with E-state index in [2.05, 4.69) is 15.0 Å². The Hall–Kier alpha value is -4.51. The van der Waals surface area contributed by atoms with Crippen LogP contribution in [0.5, 0.6) is 6.01 Å². The van der Waals surface area contributed by atoms with E-state index in [9.17, 15) is 27.6 Å². The molecule has 3 aliphatic rings. The van der Waals surface area contributed by atoms with Crippen molar-refractivity contribution in [3.05, 3.63) is 41.4 Å². The zero-order valence-corrected chi connectivity index (χ0v) is 35.2. The van der Waals surface area contributed by atoms with E-state index in [1.807, 2.05) is 61.9 Å². The van der Waals surface area contributed by atoms with Crippen molar-refractivity contribution in [3.8, 4) is 16.6 Å². The summed E-state index contributed by atoms with van der Waals surface area (Å²) >= 11 is 1.58. The van der Waals surface area contributed by atoms with Crippen LogP contribution in [0.3, 0.4) is 0 Å². The van der Waals surface area contributed by atoms with Crippen molar-refractivity contribution >= 4 is 56.2 Å². The second kappa shape index (κ2) is 17.1. The summed E-state index contributed by atoms with van der Waals surface area (Å²) in [5, 5.41) is 3.16. The Labute approximate surface area is 338 Å². The van der Waals surface area contributed by atoms with E-state index < -0.39 is 62.9 Å². The molecule has 4 amide bonds.